The minimum atomic E-state index is -4.37. The molecule has 0 unspecified atom stereocenters. The Balaban J connectivity index is 2.33. The minimum Gasteiger partial charge on any atom is -0.423 e. The van der Waals surface area contributed by atoms with Gasteiger partial charge < -0.3 is 4.42 Å². The molecular weight excluding hydrogens is 209 g/mol. The van der Waals surface area contributed by atoms with Crippen molar-refractivity contribution in [2.24, 2.45) is 0 Å². The van der Waals surface area contributed by atoms with E-state index >= 15 is 0 Å². The van der Waals surface area contributed by atoms with Crippen molar-refractivity contribution in [3.8, 4) is 11.5 Å². The number of benzene rings is 1. The Hall–Kier alpha value is -1.85. The average molecular weight is 215 g/mol. The van der Waals surface area contributed by atoms with Crippen LogP contribution in [-0.4, -0.2) is 10.2 Å². The number of halogens is 3. The highest BCUT2D eigenvalue weighted by molar-refractivity contribution is 5.52. The minimum absolute atomic E-state index is 0.0266. The Morgan fingerprint density at radius 2 is 1.87 bits per heavy atom. The third-order valence-corrected chi connectivity index (χ3v) is 1.78. The Bertz CT molecular complexity index is 492. The molecule has 0 bridgehead atoms. The molecule has 6 heteroatoms. The van der Waals surface area contributed by atoms with Crippen LogP contribution in [0.1, 0.15) is 6.93 Å². The fourth-order valence-electron chi connectivity index (χ4n) is 1.07. The lowest BCUT2D eigenvalue weighted by Gasteiger charge is -2.05. The predicted molar refractivity (Wildman–Crippen MR) is 44.7 cm³/mol. The zero-order valence-corrected chi connectivity index (χ0v) is 7.25. The molecule has 1 aromatic carbocycles. The van der Waals surface area contributed by atoms with E-state index in [0.717, 1.165) is 12.1 Å². The fourth-order valence-corrected chi connectivity index (χ4v) is 1.07. The number of alkyl halides is 3. The summed E-state index contributed by atoms with van der Waals surface area (Å²) < 4.78 is 48.5. The van der Waals surface area contributed by atoms with Crippen molar-refractivity contribution in [2.45, 2.75) is 6.18 Å². The third kappa shape index (κ3) is 1.98. The molecule has 0 aliphatic carbocycles. The largest absolute Gasteiger partial charge is 0.423 e. The van der Waals surface area contributed by atoms with Crippen molar-refractivity contribution in [1.82, 2.24) is 10.2 Å². The molecule has 0 atom stereocenters. The van der Waals surface area contributed by atoms with Gasteiger partial charge in [0.05, 0.1) is 5.56 Å². The summed E-state index contributed by atoms with van der Waals surface area (Å²) in [5.41, 5.74) is -0.402. The van der Waals surface area contributed by atoms with Crippen LogP contribution in [0.3, 0.4) is 0 Å². The highest BCUT2D eigenvalue weighted by Gasteiger charge is 2.30. The van der Waals surface area contributed by atoms with Crippen LogP contribution < -0.4 is 0 Å². The van der Waals surface area contributed by atoms with Crippen molar-refractivity contribution in [1.29, 1.82) is 0 Å². The van der Waals surface area contributed by atoms with Gasteiger partial charge in [0, 0.05) is 5.56 Å². The second-order valence-corrected chi connectivity index (χ2v) is 2.77. The van der Waals surface area contributed by atoms with Crippen molar-refractivity contribution < 1.29 is 19.0 Å². The Morgan fingerprint density at radius 3 is 2.33 bits per heavy atom. The number of nitrogens with zero attached hydrogens (tertiary/aromatic N) is 2. The van der Waals surface area contributed by atoms with Gasteiger partial charge in [0.15, 0.2) is 0 Å². The van der Waals surface area contributed by atoms with E-state index in [4.69, 9.17) is 5.79 Å². The molecule has 0 radical (unpaired) electrons. The second-order valence-electron chi connectivity index (χ2n) is 2.77. The first-order valence-electron chi connectivity index (χ1n) is 4.44. The van der Waals surface area contributed by atoms with E-state index in [9.17, 15) is 13.2 Å². The molecule has 0 aliphatic rings. The molecule has 1 aromatic heterocycles. The number of rotatable bonds is 1. The van der Waals surface area contributed by atoms with Gasteiger partial charge in [-0.15, -0.1) is 10.2 Å². The van der Waals surface area contributed by atoms with Crippen LogP contribution in [0, 0.1) is 0 Å². The maximum Gasteiger partial charge on any atom is 0.416 e. The van der Waals surface area contributed by atoms with Crippen molar-refractivity contribution >= 4 is 0 Å². The van der Waals surface area contributed by atoms with Crippen molar-refractivity contribution in [3.63, 3.8) is 0 Å². The van der Waals surface area contributed by atoms with Crippen LogP contribution in [0.25, 0.3) is 11.5 Å². The van der Waals surface area contributed by atoms with E-state index in [2.05, 4.69) is 10.2 Å². The molecule has 2 aromatic rings. The van der Waals surface area contributed by atoms with E-state index in [1.54, 1.807) is 0 Å². The van der Waals surface area contributed by atoms with Gasteiger partial charge in [-0.2, -0.15) is 13.2 Å². The summed E-state index contributed by atoms with van der Waals surface area (Å²) in [4.78, 5) is 0. The number of aromatic nitrogens is 2. The first-order valence-corrected chi connectivity index (χ1v) is 3.94. The van der Waals surface area contributed by atoms with E-state index < -0.39 is 11.7 Å². The normalized spacial score (nSPS) is 12.6. The molecular formula is C9H5F3N2O. The molecule has 0 saturated heterocycles. The summed E-state index contributed by atoms with van der Waals surface area (Å²) in [5, 5.41) is 6.78. The van der Waals surface area contributed by atoms with Crippen LogP contribution in [0.4, 0.5) is 13.2 Å². The first-order chi connectivity index (χ1) is 7.47. The summed E-state index contributed by atoms with van der Waals surface area (Å²) in [5.74, 6) is 0.0266. The number of hydrogen-bond donors (Lipinski definition) is 0. The van der Waals surface area contributed by atoms with Crippen molar-refractivity contribution in [2.75, 3.05) is 0 Å². The van der Waals surface area contributed by atoms with Gasteiger partial charge in [0.2, 0.25) is 12.3 Å². The SMILES string of the molecule is [2H]c1nnc(-c2ccc(C(F)(F)F)cc2)o1. The Morgan fingerprint density at radius 1 is 1.20 bits per heavy atom. The molecule has 0 fully saturated rings. The quantitative estimate of drug-likeness (QED) is 0.734. The van der Waals surface area contributed by atoms with E-state index in [0.29, 0.717) is 5.56 Å². The molecule has 0 saturated carbocycles. The number of hydrogen-bond acceptors (Lipinski definition) is 3. The lowest BCUT2D eigenvalue weighted by molar-refractivity contribution is -0.137. The Kier molecular flexibility index (Phi) is 1.90. The summed E-state index contributed by atoms with van der Waals surface area (Å²) >= 11 is 0. The van der Waals surface area contributed by atoms with Gasteiger partial charge in [-0.1, -0.05) is 0 Å². The second kappa shape index (κ2) is 3.38. The third-order valence-electron chi connectivity index (χ3n) is 1.78. The van der Waals surface area contributed by atoms with Gasteiger partial charge in [0.25, 0.3) is 0 Å². The van der Waals surface area contributed by atoms with Gasteiger partial charge in [-0.05, 0) is 24.3 Å². The zero-order valence-electron chi connectivity index (χ0n) is 8.25. The molecule has 3 nitrogen and oxygen atoms in total. The topological polar surface area (TPSA) is 38.9 Å². The molecule has 0 aliphatic heterocycles. The molecule has 1 heterocycles. The van der Waals surface area contributed by atoms with Crippen LogP contribution in [0.15, 0.2) is 35.1 Å². The summed E-state index contributed by atoms with van der Waals surface area (Å²) in [7, 11) is 0. The highest BCUT2D eigenvalue weighted by atomic mass is 19.4. The summed E-state index contributed by atoms with van der Waals surface area (Å²) in [6, 6.07) is 4.28. The van der Waals surface area contributed by atoms with Crippen LogP contribution >= 0.6 is 0 Å². The molecule has 2 rings (SSSR count). The monoisotopic (exact) mass is 215 g/mol. The molecule has 78 valence electrons. The van der Waals surface area contributed by atoms with Gasteiger partial charge in [0.1, 0.15) is 1.37 Å². The predicted octanol–water partition coefficient (Wildman–Crippen LogP) is 2.76. The van der Waals surface area contributed by atoms with E-state index in [1.165, 1.54) is 12.1 Å². The van der Waals surface area contributed by atoms with E-state index in [-0.39, 0.29) is 12.3 Å². The molecule has 0 amide bonds. The molecule has 0 spiro atoms. The summed E-state index contributed by atoms with van der Waals surface area (Å²) in [6.45, 7) is 0. The lowest BCUT2D eigenvalue weighted by atomic mass is 10.1. The molecule has 0 N–H and O–H groups in total. The highest BCUT2D eigenvalue weighted by Crippen LogP contribution is 2.30. The maximum atomic E-state index is 12.2. The van der Waals surface area contributed by atoms with Crippen LogP contribution in [-0.2, 0) is 6.18 Å². The molecule has 15 heavy (non-hydrogen) atoms. The van der Waals surface area contributed by atoms with E-state index in [1.807, 2.05) is 0 Å². The van der Waals surface area contributed by atoms with Crippen LogP contribution in [0.2, 0.25) is 0 Å². The van der Waals surface area contributed by atoms with Gasteiger partial charge >= 0.3 is 6.18 Å². The van der Waals surface area contributed by atoms with Crippen molar-refractivity contribution in [3.05, 3.63) is 36.2 Å². The Labute approximate surface area is 84.0 Å². The smallest absolute Gasteiger partial charge is 0.416 e. The van der Waals surface area contributed by atoms with Crippen LogP contribution in [0.5, 0.6) is 0 Å². The fraction of sp³-hybridized carbons (Fsp3) is 0.111. The lowest BCUT2D eigenvalue weighted by Crippen LogP contribution is -2.03. The summed E-state index contributed by atoms with van der Waals surface area (Å²) in [6.07, 6.45) is -4.75. The van der Waals surface area contributed by atoms with Gasteiger partial charge in [-0.25, -0.2) is 0 Å². The van der Waals surface area contributed by atoms with Gasteiger partial charge in [-0.3, -0.25) is 0 Å². The zero-order chi connectivity index (χ0) is 11.8. The average Bonchev–Trinajstić information content (AvgIpc) is 2.64. The maximum absolute atomic E-state index is 12.2. The standard InChI is InChI=1S/C9H5F3N2O/c10-9(11,12)7-3-1-6(2-4-7)8-14-13-5-15-8/h1-5H/i5D. The first kappa shape index (κ1) is 8.46.